The van der Waals surface area contributed by atoms with Crippen molar-refractivity contribution in [3.05, 3.63) is 10.6 Å². The lowest BCUT2D eigenvalue weighted by atomic mass is 10.4. The number of nitrogens with zero attached hydrogens (tertiary/aromatic N) is 2. The van der Waals surface area contributed by atoms with Crippen molar-refractivity contribution >= 4 is 22.4 Å². The summed E-state index contributed by atoms with van der Waals surface area (Å²) >= 11 is 1.52. The van der Waals surface area contributed by atoms with Gasteiger partial charge in [-0.1, -0.05) is 0 Å². The maximum absolute atomic E-state index is 11.6. The maximum atomic E-state index is 11.6. The quantitative estimate of drug-likeness (QED) is 0.761. The lowest BCUT2D eigenvalue weighted by Gasteiger charge is -2.19. The van der Waals surface area contributed by atoms with Crippen LogP contribution in [0.4, 0.5) is 5.13 Å². The van der Waals surface area contributed by atoms with Gasteiger partial charge in [0.05, 0.1) is 6.61 Å². The molecule has 1 rings (SSSR count). The van der Waals surface area contributed by atoms with E-state index in [0.29, 0.717) is 18.3 Å². The highest BCUT2D eigenvalue weighted by Gasteiger charge is 2.19. The Labute approximate surface area is 100 Å². The molecule has 0 N–H and O–H groups in total. The molecule has 0 amide bonds. The van der Waals surface area contributed by atoms with Crippen molar-refractivity contribution in [1.29, 1.82) is 0 Å². The third-order valence-corrected chi connectivity index (χ3v) is 3.39. The van der Waals surface area contributed by atoms with Gasteiger partial charge >= 0.3 is 5.97 Å². The minimum absolute atomic E-state index is 0.334. The van der Waals surface area contributed by atoms with Crippen LogP contribution < -0.4 is 4.90 Å². The van der Waals surface area contributed by atoms with Crippen LogP contribution in [-0.2, 0) is 4.74 Å². The standard InChI is InChI=1S/C11H18N2O2S/c1-6-15-10(14)9-8(4)16-11(12-9)13(5)7(2)3/h7H,6H2,1-5H3. The molecule has 1 aromatic rings. The molecule has 0 spiro atoms. The average molecular weight is 242 g/mol. The van der Waals surface area contributed by atoms with E-state index in [1.807, 2.05) is 18.9 Å². The summed E-state index contributed by atoms with van der Waals surface area (Å²) in [5.41, 5.74) is 0.439. The largest absolute Gasteiger partial charge is 0.461 e. The van der Waals surface area contributed by atoms with E-state index < -0.39 is 0 Å². The highest BCUT2D eigenvalue weighted by molar-refractivity contribution is 7.15. The van der Waals surface area contributed by atoms with Gasteiger partial charge in [0, 0.05) is 18.0 Å². The van der Waals surface area contributed by atoms with Crippen LogP contribution in [0.5, 0.6) is 0 Å². The Balaban J connectivity index is 2.93. The number of hydrogen-bond donors (Lipinski definition) is 0. The van der Waals surface area contributed by atoms with Gasteiger partial charge < -0.3 is 9.64 Å². The normalized spacial score (nSPS) is 10.6. The van der Waals surface area contributed by atoms with Gasteiger partial charge in [-0.3, -0.25) is 0 Å². The molecule has 0 aliphatic rings. The fourth-order valence-electron chi connectivity index (χ4n) is 1.14. The van der Waals surface area contributed by atoms with Crippen molar-refractivity contribution in [1.82, 2.24) is 4.98 Å². The minimum atomic E-state index is -0.334. The van der Waals surface area contributed by atoms with E-state index in [1.165, 1.54) is 11.3 Å². The molecule has 1 heterocycles. The topological polar surface area (TPSA) is 42.4 Å². The van der Waals surface area contributed by atoms with Crippen molar-refractivity contribution in [3.63, 3.8) is 0 Å². The summed E-state index contributed by atoms with van der Waals surface area (Å²) in [4.78, 5) is 18.8. The van der Waals surface area contributed by atoms with Crippen LogP contribution in [0, 0.1) is 6.92 Å². The Morgan fingerprint density at radius 1 is 1.56 bits per heavy atom. The maximum Gasteiger partial charge on any atom is 0.358 e. The predicted molar refractivity (Wildman–Crippen MR) is 66.3 cm³/mol. The van der Waals surface area contributed by atoms with Gasteiger partial charge in [0.25, 0.3) is 0 Å². The summed E-state index contributed by atoms with van der Waals surface area (Å²) in [6.45, 7) is 8.23. The Morgan fingerprint density at radius 2 is 2.19 bits per heavy atom. The van der Waals surface area contributed by atoms with Crippen LogP contribution >= 0.6 is 11.3 Å². The van der Waals surface area contributed by atoms with Gasteiger partial charge in [-0.05, 0) is 27.7 Å². The number of hydrogen-bond acceptors (Lipinski definition) is 5. The van der Waals surface area contributed by atoms with Crippen molar-refractivity contribution in [2.45, 2.75) is 33.7 Å². The first kappa shape index (κ1) is 13.0. The second-order valence-corrected chi connectivity index (χ2v) is 5.01. The Morgan fingerprint density at radius 3 is 2.69 bits per heavy atom. The number of carbonyl (C=O) groups excluding carboxylic acids is 1. The van der Waals surface area contributed by atoms with Gasteiger partial charge in [0.15, 0.2) is 10.8 Å². The van der Waals surface area contributed by atoms with Crippen molar-refractivity contribution in [3.8, 4) is 0 Å². The molecule has 0 fully saturated rings. The molecule has 0 radical (unpaired) electrons. The third-order valence-electron chi connectivity index (χ3n) is 2.33. The first-order valence-electron chi connectivity index (χ1n) is 5.34. The van der Waals surface area contributed by atoms with E-state index in [0.717, 1.165) is 10.0 Å². The molecule has 0 saturated carbocycles. The first-order valence-corrected chi connectivity index (χ1v) is 6.16. The molecule has 90 valence electrons. The van der Waals surface area contributed by atoms with E-state index in [9.17, 15) is 4.79 Å². The third kappa shape index (κ3) is 2.72. The number of ether oxygens (including phenoxy) is 1. The van der Waals surface area contributed by atoms with E-state index in [4.69, 9.17) is 4.74 Å². The number of anilines is 1. The molecule has 0 unspecified atom stereocenters. The molecule has 1 aromatic heterocycles. The summed E-state index contributed by atoms with van der Waals surface area (Å²) in [6, 6.07) is 0.362. The first-order chi connectivity index (χ1) is 7.47. The second kappa shape index (κ2) is 5.30. The Kier molecular flexibility index (Phi) is 4.29. The van der Waals surface area contributed by atoms with Gasteiger partial charge in [-0.2, -0.15) is 0 Å². The summed E-state index contributed by atoms with van der Waals surface area (Å²) in [7, 11) is 1.97. The van der Waals surface area contributed by atoms with Crippen molar-refractivity contribution in [2.24, 2.45) is 0 Å². The molecule has 0 aliphatic heterocycles. The number of rotatable bonds is 4. The highest BCUT2D eigenvalue weighted by atomic mass is 32.1. The SMILES string of the molecule is CCOC(=O)c1nc(N(C)C(C)C)sc1C. The van der Waals surface area contributed by atoms with Crippen LogP contribution in [-0.4, -0.2) is 30.6 Å². The van der Waals surface area contributed by atoms with E-state index in [-0.39, 0.29) is 5.97 Å². The second-order valence-electron chi connectivity index (χ2n) is 3.83. The molecule has 0 aliphatic carbocycles. The van der Waals surface area contributed by atoms with Crippen molar-refractivity contribution in [2.75, 3.05) is 18.6 Å². The van der Waals surface area contributed by atoms with E-state index >= 15 is 0 Å². The van der Waals surface area contributed by atoms with E-state index in [1.54, 1.807) is 6.92 Å². The van der Waals surface area contributed by atoms with Crippen LogP contribution in [0.2, 0.25) is 0 Å². The summed E-state index contributed by atoms with van der Waals surface area (Å²) in [5.74, 6) is -0.334. The Bertz CT molecular complexity index is 374. The van der Waals surface area contributed by atoms with Gasteiger partial charge in [-0.15, -0.1) is 11.3 Å². The van der Waals surface area contributed by atoms with Crippen LogP contribution in [0.1, 0.15) is 36.1 Å². The van der Waals surface area contributed by atoms with Crippen LogP contribution in [0.15, 0.2) is 0 Å². The molecule has 4 nitrogen and oxygen atoms in total. The zero-order valence-corrected chi connectivity index (χ0v) is 11.2. The minimum Gasteiger partial charge on any atom is -0.461 e. The fraction of sp³-hybridized carbons (Fsp3) is 0.636. The lowest BCUT2D eigenvalue weighted by Crippen LogP contribution is -2.25. The number of esters is 1. The summed E-state index contributed by atoms with van der Waals surface area (Å²) < 4.78 is 4.95. The lowest BCUT2D eigenvalue weighted by molar-refractivity contribution is 0.0519. The Hall–Kier alpha value is -1.10. The molecular formula is C11H18N2O2S. The number of thiazole rings is 1. The van der Waals surface area contributed by atoms with Crippen molar-refractivity contribution < 1.29 is 9.53 Å². The molecule has 5 heteroatoms. The number of carbonyl (C=O) groups is 1. The van der Waals surface area contributed by atoms with E-state index in [2.05, 4.69) is 18.8 Å². The molecule has 0 saturated heterocycles. The predicted octanol–water partition coefficient (Wildman–Crippen LogP) is 2.47. The zero-order valence-electron chi connectivity index (χ0n) is 10.4. The number of aryl methyl sites for hydroxylation is 1. The van der Waals surface area contributed by atoms with Crippen LogP contribution in [0.25, 0.3) is 0 Å². The molecule has 0 aromatic carbocycles. The fourth-order valence-corrected chi connectivity index (χ4v) is 2.13. The number of aromatic nitrogens is 1. The van der Waals surface area contributed by atoms with Gasteiger partial charge in [0.1, 0.15) is 0 Å². The average Bonchev–Trinajstić information content (AvgIpc) is 2.59. The van der Waals surface area contributed by atoms with Crippen LogP contribution in [0.3, 0.4) is 0 Å². The molecule has 0 bridgehead atoms. The summed E-state index contributed by atoms with van der Waals surface area (Å²) in [5, 5.41) is 0.857. The molecule has 0 atom stereocenters. The monoisotopic (exact) mass is 242 g/mol. The molecular weight excluding hydrogens is 224 g/mol. The highest BCUT2D eigenvalue weighted by Crippen LogP contribution is 2.26. The summed E-state index contributed by atoms with van der Waals surface area (Å²) in [6.07, 6.45) is 0. The smallest absolute Gasteiger partial charge is 0.358 e. The van der Waals surface area contributed by atoms with Gasteiger partial charge in [-0.25, -0.2) is 9.78 Å². The zero-order chi connectivity index (χ0) is 12.3. The van der Waals surface area contributed by atoms with Gasteiger partial charge in [0.2, 0.25) is 0 Å². The molecule has 16 heavy (non-hydrogen) atoms.